The Morgan fingerprint density at radius 2 is 1.33 bits per heavy atom. The van der Waals surface area contributed by atoms with Crippen LogP contribution in [0.25, 0.3) is 0 Å². The van der Waals surface area contributed by atoms with E-state index >= 15 is 0 Å². The van der Waals surface area contributed by atoms with Gasteiger partial charge in [-0.15, -0.1) is 0 Å². The summed E-state index contributed by atoms with van der Waals surface area (Å²) in [5.74, 6) is 0. The second-order valence-electron chi connectivity index (χ2n) is 2.25. The van der Waals surface area contributed by atoms with Crippen molar-refractivity contribution in [1.82, 2.24) is 0 Å². The molecular weight excluding hydrogens is 116 g/mol. The molecule has 1 radical (unpaired) electrons. The molecule has 0 bridgehead atoms. The molecule has 1 heterocycles. The minimum absolute atomic E-state index is 0.819. The Morgan fingerprint density at radius 1 is 0.778 bits per heavy atom. The fourth-order valence-electron chi connectivity index (χ4n) is 0.869. The summed E-state index contributed by atoms with van der Waals surface area (Å²) in [4.78, 5) is 0. The fourth-order valence-corrected chi connectivity index (χ4v) is 0.869. The molecule has 0 spiro atoms. The second-order valence-corrected chi connectivity index (χ2v) is 2.25. The highest BCUT2D eigenvalue weighted by Crippen LogP contribution is 2.04. The van der Waals surface area contributed by atoms with Crippen LogP contribution in [0.2, 0.25) is 0 Å². The third-order valence-corrected chi connectivity index (χ3v) is 1.41. The SMILES string of the molecule is [CH]1OCCCCCCO1. The zero-order valence-corrected chi connectivity index (χ0v) is 5.64. The largest absolute Gasteiger partial charge is 0.348 e. The molecule has 0 aromatic heterocycles. The van der Waals surface area contributed by atoms with E-state index in [0.29, 0.717) is 0 Å². The van der Waals surface area contributed by atoms with Crippen LogP contribution in [0.1, 0.15) is 25.7 Å². The highest BCUT2D eigenvalue weighted by Gasteiger charge is 1.95. The van der Waals surface area contributed by atoms with E-state index in [0.717, 1.165) is 13.2 Å². The van der Waals surface area contributed by atoms with Crippen LogP contribution in [0.15, 0.2) is 0 Å². The van der Waals surface area contributed by atoms with E-state index in [-0.39, 0.29) is 0 Å². The summed E-state index contributed by atoms with van der Waals surface area (Å²) < 4.78 is 10.0. The molecule has 0 aliphatic carbocycles. The van der Waals surface area contributed by atoms with Crippen LogP contribution in [-0.2, 0) is 9.47 Å². The molecule has 1 rings (SSSR count). The van der Waals surface area contributed by atoms with E-state index in [1.165, 1.54) is 32.5 Å². The average Bonchev–Trinajstić information content (AvgIpc) is 2.00. The first-order valence-corrected chi connectivity index (χ1v) is 3.55. The van der Waals surface area contributed by atoms with Crippen LogP contribution >= 0.6 is 0 Å². The first-order chi connectivity index (χ1) is 4.50. The Hall–Kier alpha value is -0.0800. The molecule has 1 aliphatic heterocycles. The smallest absolute Gasteiger partial charge is 0.209 e. The minimum Gasteiger partial charge on any atom is -0.348 e. The van der Waals surface area contributed by atoms with Crippen molar-refractivity contribution >= 4 is 0 Å². The standard InChI is InChI=1S/C7H13O2/c1-2-4-6-9-7-8-5-3-1/h7H,1-6H2. The van der Waals surface area contributed by atoms with Gasteiger partial charge in [-0.25, -0.2) is 0 Å². The molecule has 0 N–H and O–H groups in total. The molecule has 0 aromatic carbocycles. The highest BCUT2D eigenvalue weighted by molar-refractivity contribution is 4.46. The monoisotopic (exact) mass is 129 g/mol. The van der Waals surface area contributed by atoms with Crippen LogP contribution in [0.5, 0.6) is 0 Å². The first-order valence-electron chi connectivity index (χ1n) is 3.55. The molecule has 53 valence electrons. The Kier molecular flexibility index (Phi) is 3.72. The van der Waals surface area contributed by atoms with Crippen molar-refractivity contribution < 1.29 is 9.47 Å². The Labute approximate surface area is 56.2 Å². The van der Waals surface area contributed by atoms with Gasteiger partial charge >= 0.3 is 0 Å². The van der Waals surface area contributed by atoms with E-state index < -0.39 is 0 Å². The van der Waals surface area contributed by atoms with Gasteiger partial charge in [-0.3, -0.25) is 0 Å². The van der Waals surface area contributed by atoms with Crippen LogP contribution in [0, 0.1) is 6.79 Å². The van der Waals surface area contributed by atoms with Gasteiger partial charge in [0.1, 0.15) is 0 Å². The van der Waals surface area contributed by atoms with Crippen molar-refractivity contribution in [3.63, 3.8) is 0 Å². The van der Waals surface area contributed by atoms with E-state index in [4.69, 9.17) is 9.47 Å². The van der Waals surface area contributed by atoms with Crippen LogP contribution < -0.4 is 0 Å². The average molecular weight is 129 g/mol. The molecular formula is C7H13O2. The van der Waals surface area contributed by atoms with Gasteiger partial charge in [-0.1, -0.05) is 12.8 Å². The van der Waals surface area contributed by atoms with Crippen molar-refractivity contribution in [2.24, 2.45) is 0 Å². The third-order valence-electron chi connectivity index (χ3n) is 1.41. The summed E-state index contributed by atoms with van der Waals surface area (Å²) in [6, 6.07) is 0. The molecule has 1 fully saturated rings. The van der Waals surface area contributed by atoms with Crippen molar-refractivity contribution in [3.8, 4) is 0 Å². The highest BCUT2D eigenvalue weighted by atomic mass is 16.7. The summed E-state index contributed by atoms with van der Waals surface area (Å²) in [6.45, 7) is 3.10. The number of rotatable bonds is 0. The predicted molar refractivity (Wildman–Crippen MR) is 34.7 cm³/mol. The maximum atomic E-state index is 5.01. The van der Waals surface area contributed by atoms with Crippen LogP contribution in [-0.4, -0.2) is 13.2 Å². The molecule has 0 aromatic rings. The lowest BCUT2D eigenvalue weighted by Gasteiger charge is -1.98. The van der Waals surface area contributed by atoms with Gasteiger partial charge in [0.2, 0.25) is 6.79 Å². The Balaban J connectivity index is 2.02. The van der Waals surface area contributed by atoms with Crippen LogP contribution in [0.3, 0.4) is 0 Å². The van der Waals surface area contributed by atoms with Gasteiger partial charge in [0.15, 0.2) is 0 Å². The molecule has 1 aliphatic rings. The van der Waals surface area contributed by atoms with Gasteiger partial charge < -0.3 is 9.47 Å². The maximum Gasteiger partial charge on any atom is 0.209 e. The lowest BCUT2D eigenvalue weighted by molar-refractivity contribution is 0.0246. The van der Waals surface area contributed by atoms with Crippen molar-refractivity contribution in [2.45, 2.75) is 25.7 Å². The molecule has 0 unspecified atom stereocenters. The predicted octanol–water partition coefficient (Wildman–Crippen LogP) is 1.71. The molecule has 0 saturated carbocycles. The van der Waals surface area contributed by atoms with E-state index in [2.05, 4.69) is 0 Å². The summed E-state index contributed by atoms with van der Waals surface area (Å²) in [5.41, 5.74) is 0. The van der Waals surface area contributed by atoms with Crippen molar-refractivity contribution in [2.75, 3.05) is 13.2 Å². The molecule has 2 heteroatoms. The van der Waals surface area contributed by atoms with Gasteiger partial charge in [0.05, 0.1) is 0 Å². The maximum absolute atomic E-state index is 5.01. The summed E-state index contributed by atoms with van der Waals surface area (Å²) >= 11 is 0. The zero-order valence-electron chi connectivity index (χ0n) is 5.64. The summed E-state index contributed by atoms with van der Waals surface area (Å²) in [5, 5.41) is 0. The topological polar surface area (TPSA) is 18.5 Å². The van der Waals surface area contributed by atoms with Gasteiger partial charge in [0.25, 0.3) is 0 Å². The van der Waals surface area contributed by atoms with Crippen molar-refractivity contribution in [3.05, 3.63) is 6.79 Å². The number of hydrogen-bond donors (Lipinski definition) is 0. The van der Waals surface area contributed by atoms with Crippen molar-refractivity contribution in [1.29, 1.82) is 0 Å². The minimum atomic E-state index is 0.819. The summed E-state index contributed by atoms with van der Waals surface area (Å²) in [7, 11) is 0. The first kappa shape index (κ1) is 7.03. The van der Waals surface area contributed by atoms with Crippen LogP contribution in [0.4, 0.5) is 0 Å². The lowest BCUT2D eigenvalue weighted by atomic mass is 10.2. The van der Waals surface area contributed by atoms with E-state index in [1.54, 1.807) is 0 Å². The van der Waals surface area contributed by atoms with Gasteiger partial charge in [0, 0.05) is 13.2 Å². The third kappa shape index (κ3) is 3.49. The number of ether oxygens (including phenoxy) is 2. The zero-order chi connectivity index (χ0) is 6.36. The molecule has 2 nitrogen and oxygen atoms in total. The molecule has 0 amide bonds. The van der Waals surface area contributed by atoms with Gasteiger partial charge in [-0.2, -0.15) is 0 Å². The van der Waals surface area contributed by atoms with E-state index in [1.807, 2.05) is 0 Å². The van der Waals surface area contributed by atoms with Gasteiger partial charge in [-0.05, 0) is 12.8 Å². The fraction of sp³-hybridized carbons (Fsp3) is 0.857. The second kappa shape index (κ2) is 4.77. The quantitative estimate of drug-likeness (QED) is 0.495. The van der Waals surface area contributed by atoms with E-state index in [9.17, 15) is 0 Å². The Bertz CT molecular complexity index is 35.4. The summed E-state index contributed by atoms with van der Waals surface area (Å²) in [6.07, 6.45) is 4.88. The molecule has 9 heavy (non-hydrogen) atoms. The molecule has 0 atom stereocenters. The lowest BCUT2D eigenvalue weighted by Crippen LogP contribution is -1.93. The Morgan fingerprint density at radius 3 is 1.89 bits per heavy atom. The molecule has 1 saturated heterocycles. The number of hydrogen-bond acceptors (Lipinski definition) is 2. The normalized spacial score (nSPS) is 24.0.